The van der Waals surface area contributed by atoms with Crippen molar-refractivity contribution in [3.8, 4) is 0 Å². The first-order valence-electron chi connectivity index (χ1n) is 7.97. The number of rotatable bonds is 6. The molecule has 2 heterocycles. The number of thiophene rings is 1. The van der Waals surface area contributed by atoms with Gasteiger partial charge in [0.2, 0.25) is 0 Å². The highest BCUT2D eigenvalue weighted by molar-refractivity contribution is 7.91. The van der Waals surface area contributed by atoms with Crippen molar-refractivity contribution in [3.63, 3.8) is 0 Å². The van der Waals surface area contributed by atoms with Gasteiger partial charge in [-0.2, -0.15) is 0 Å². The summed E-state index contributed by atoms with van der Waals surface area (Å²) >= 11 is 1.82. The maximum atomic E-state index is 11.4. The van der Waals surface area contributed by atoms with Gasteiger partial charge in [-0.05, 0) is 18.6 Å². The molecule has 2 rings (SSSR count). The fourth-order valence-corrected chi connectivity index (χ4v) is 4.58. The Hall–Kier alpha value is -1.12. The maximum absolute atomic E-state index is 11.4. The summed E-state index contributed by atoms with van der Waals surface area (Å²) in [6, 6.07) is 4.32. The number of hydrogen-bond acceptors (Lipinski definition) is 5. The summed E-state index contributed by atoms with van der Waals surface area (Å²) in [5, 5.41) is 6.59. The monoisotopic (exact) mass is 358 g/mol. The molecule has 6 nitrogen and oxygen atoms in total. The van der Waals surface area contributed by atoms with Crippen LogP contribution >= 0.6 is 11.3 Å². The summed E-state index contributed by atoms with van der Waals surface area (Å²) in [6.45, 7) is 5.78. The number of nitrogens with zero attached hydrogens (tertiary/aromatic N) is 2. The average molecular weight is 359 g/mol. The number of sulfone groups is 1. The third-order valence-corrected chi connectivity index (χ3v) is 6.72. The summed E-state index contributed by atoms with van der Waals surface area (Å²) in [7, 11) is -1.04. The molecule has 1 aromatic rings. The molecule has 0 unspecified atom stereocenters. The summed E-state index contributed by atoms with van der Waals surface area (Å²) < 4.78 is 22.8. The zero-order valence-corrected chi connectivity index (χ0v) is 15.5. The number of aryl methyl sites for hydroxylation is 1. The Morgan fingerprint density at radius 1 is 1.26 bits per heavy atom. The van der Waals surface area contributed by atoms with E-state index in [1.165, 1.54) is 9.75 Å². The molecule has 0 bridgehead atoms. The SMILES string of the molecule is CCc1ccc(CNC(=NC)NCCN2CCS(=O)(=O)CC2)s1. The van der Waals surface area contributed by atoms with Gasteiger partial charge in [0.25, 0.3) is 0 Å². The Balaban J connectivity index is 1.67. The largest absolute Gasteiger partial charge is 0.355 e. The summed E-state index contributed by atoms with van der Waals surface area (Å²) in [4.78, 5) is 9.09. The van der Waals surface area contributed by atoms with Crippen LogP contribution in [0.2, 0.25) is 0 Å². The molecule has 1 aromatic heterocycles. The van der Waals surface area contributed by atoms with E-state index < -0.39 is 9.84 Å². The molecular weight excluding hydrogens is 332 g/mol. The number of nitrogens with one attached hydrogen (secondary N) is 2. The van der Waals surface area contributed by atoms with Gasteiger partial charge in [-0.1, -0.05) is 6.92 Å². The van der Waals surface area contributed by atoms with Gasteiger partial charge in [0.1, 0.15) is 0 Å². The molecule has 2 N–H and O–H groups in total. The fraction of sp³-hybridized carbons (Fsp3) is 0.667. The van der Waals surface area contributed by atoms with Gasteiger partial charge in [0.15, 0.2) is 15.8 Å². The zero-order valence-electron chi connectivity index (χ0n) is 13.8. The van der Waals surface area contributed by atoms with Crippen molar-refractivity contribution in [2.45, 2.75) is 19.9 Å². The first-order valence-corrected chi connectivity index (χ1v) is 10.6. The predicted molar refractivity (Wildman–Crippen MR) is 97.0 cm³/mol. The normalized spacial score (nSPS) is 18.8. The Kier molecular flexibility index (Phi) is 6.86. The van der Waals surface area contributed by atoms with E-state index in [9.17, 15) is 8.42 Å². The zero-order chi connectivity index (χ0) is 16.7. The van der Waals surface area contributed by atoms with Crippen LogP contribution < -0.4 is 10.6 Å². The molecule has 0 spiro atoms. The van der Waals surface area contributed by atoms with Crippen LogP contribution in [0.15, 0.2) is 17.1 Å². The minimum Gasteiger partial charge on any atom is -0.355 e. The standard InChI is InChI=1S/C15H26N4O2S2/c1-3-13-4-5-14(22-13)12-18-15(16-2)17-6-7-19-8-10-23(20,21)11-9-19/h4-5H,3,6-12H2,1-2H3,(H2,16,17,18). The highest BCUT2D eigenvalue weighted by atomic mass is 32.2. The average Bonchev–Trinajstić information content (AvgIpc) is 3.00. The lowest BCUT2D eigenvalue weighted by molar-refractivity contribution is 0.299. The van der Waals surface area contributed by atoms with Crippen molar-refractivity contribution in [2.24, 2.45) is 4.99 Å². The molecule has 0 saturated carbocycles. The molecule has 1 fully saturated rings. The molecule has 0 aromatic carbocycles. The lowest BCUT2D eigenvalue weighted by Gasteiger charge is -2.26. The van der Waals surface area contributed by atoms with Crippen LogP contribution in [0.5, 0.6) is 0 Å². The molecule has 1 aliphatic rings. The van der Waals surface area contributed by atoms with Crippen molar-refractivity contribution in [1.82, 2.24) is 15.5 Å². The second-order valence-corrected chi connectivity index (χ2v) is 9.12. The van der Waals surface area contributed by atoms with Crippen LogP contribution in [0.1, 0.15) is 16.7 Å². The third kappa shape index (κ3) is 6.12. The molecular formula is C15H26N4O2S2. The molecule has 130 valence electrons. The maximum Gasteiger partial charge on any atom is 0.191 e. The van der Waals surface area contributed by atoms with Gasteiger partial charge < -0.3 is 10.6 Å². The van der Waals surface area contributed by atoms with Gasteiger partial charge >= 0.3 is 0 Å². The quantitative estimate of drug-likeness (QED) is 0.579. The predicted octanol–water partition coefficient (Wildman–Crippen LogP) is 0.706. The number of guanidine groups is 1. The van der Waals surface area contributed by atoms with Gasteiger partial charge in [-0.3, -0.25) is 9.89 Å². The van der Waals surface area contributed by atoms with Crippen LogP contribution in [0, 0.1) is 0 Å². The second-order valence-electron chi connectivity index (χ2n) is 5.57. The van der Waals surface area contributed by atoms with Gasteiger partial charge in [0, 0.05) is 43.0 Å². The van der Waals surface area contributed by atoms with E-state index in [4.69, 9.17) is 0 Å². The molecule has 0 amide bonds. The van der Waals surface area contributed by atoms with Gasteiger partial charge in [-0.25, -0.2) is 8.42 Å². The molecule has 0 radical (unpaired) electrons. The topological polar surface area (TPSA) is 73.8 Å². The van der Waals surface area contributed by atoms with Crippen LogP contribution in [-0.4, -0.2) is 64.0 Å². The van der Waals surface area contributed by atoms with E-state index in [1.54, 1.807) is 7.05 Å². The lowest BCUT2D eigenvalue weighted by atomic mass is 10.3. The highest BCUT2D eigenvalue weighted by Gasteiger charge is 2.20. The van der Waals surface area contributed by atoms with E-state index in [0.717, 1.165) is 32.0 Å². The second kappa shape index (κ2) is 8.65. The molecule has 23 heavy (non-hydrogen) atoms. The van der Waals surface area contributed by atoms with Crippen molar-refractivity contribution in [3.05, 3.63) is 21.9 Å². The van der Waals surface area contributed by atoms with E-state index in [-0.39, 0.29) is 11.5 Å². The van der Waals surface area contributed by atoms with E-state index in [0.29, 0.717) is 13.1 Å². The van der Waals surface area contributed by atoms with E-state index in [2.05, 4.69) is 39.6 Å². The Bertz CT molecular complexity index is 611. The number of hydrogen-bond donors (Lipinski definition) is 2. The minimum atomic E-state index is -2.80. The van der Waals surface area contributed by atoms with Gasteiger partial charge in [-0.15, -0.1) is 11.3 Å². The lowest BCUT2D eigenvalue weighted by Crippen LogP contribution is -2.45. The van der Waals surface area contributed by atoms with Crippen LogP contribution in [-0.2, 0) is 22.8 Å². The fourth-order valence-electron chi connectivity index (χ4n) is 2.41. The van der Waals surface area contributed by atoms with Crippen LogP contribution in [0.4, 0.5) is 0 Å². The molecule has 1 saturated heterocycles. The molecule has 1 aliphatic heterocycles. The first kappa shape index (κ1) is 18.2. The Morgan fingerprint density at radius 3 is 2.57 bits per heavy atom. The molecule has 0 aliphatic carbocycles. The van der Waals surface area contributed by atoms with E-state index in [1.807, 2.05) is 11.3 Å². The van der Waals surface area contributed by atoms with Crippen LogP contribution in [0.3, 0.4) is 0 Å². The minimum absolute atomic E-state index is 0.276. The van der Waals surface area contributed by atoms with Crippen molar-refractivity contribution in [1.29, 1.82) is 0 Å². The van der Waals surface area contributed by atoms with Crippen molar-refractivity contribution in [2.75, 3.05) is 44.7 Å². The molecule has 8 heteroatoms. The first-order chi connectivity index (χ1) is 11.0. The van der Waals surface area contributed by atoms with Crippen molar-refractivity contribution >= 4 is 27.1 Å². The van der Waals surface area contributed by atoms with Gasteiger partial charge in [0.05, 0.1) is 18.1 Å². The third-order valence-electron chi connectivity index (χ3n) is 3.88. The summed E-state index contributed by atoms with van der Waals surface area (Å²) in [6.07, 6.45) is 1.07. The number of aliphatic imine (C=N–C) groups is 1. The Morgan fingerprint density at radius 2 is 1.96 bits per heavy atom. The van der Waals surface area contributed by atoms with Crippen molar-refractivity contribution < 1.29 is 8.42 Å². The van der Waals surface area contributed by atoms with Crippen LogP contribution in [0.25, 0.3) is 0 Å². The summed E-state index contributed by atoms with van der Waals surface area (Å²) in [5.41, 5.74) is 0. The summed E-state index contributed by atoms with van der Waals surface area (Å²) in [5.74, 6) is 1.33. The highest BCUT2D eigenvalue weighted by Crippen LogP contribution is 2.16. The Labute approximate surface area is 142 Å². The van der Waals surface area contributed by atoms with E-state index >= 15 is 0 Å². The smallest absolute Gasteiger partial charge is 0.191 e. The molecule has 0 atom stereocenters.